The second kappa shape index (κ2) is 16.4. The minimum atomic E-state index is -2.87. The fraction of sp³-hybridized carbons (Fsp3) is 0.778. The number of rotatable bonds is 23. The zero-order valence-electron chi connectivity index (χ0n) is 23.3. The molecule has 0 amide bonds. The molecule has 0 bridgehead atoms. The summed E-state index contributed by atoms with van der Waals surface area (Å²) in [6.07, 6.45) is 3.10. The Kier molecular flexibility index (Phi) is 13.7. The molecule has 4 unspecified atom stereocenters. The van der Waals surface area contributed by atoms with Crippen LogP contribution in [0, 0.1) is 0 Å². The summed E-state index contributed by atoms with van der Waals surface area (Å²) >= 11 is 0. The highest BCUT2D eigenvalue weighted by Gasteiger charge is 2.48. The molecule has 10 heteroatoms. The predicted molar refractivity (Wildman–Crippen MR) is 148 cm³/mol. The molecule has 0 aliphatic carbocycles. The van der Waals surface area contributed by atoms with Crippen molar-refractivity contribution >= 4 is 23.5 Å². The molecule has 3 rings (SSSR count). The van der Waals surface area contributed by atoms with Gasteiger partial charge in [-0.05, 0) is 51.3 Å². The van der Waals surface area contributed by atoms with Crippen molar-refractivity contribution in [2.24, 2.45) is 0 Å². The molecule has 0 radical (unpaired) electrons. The number of hydrogen-bond acceptors (Lipinski definition) is 8. The van der Waals surface area contributed by atoms with Crippen LogP contribution in [0.2, 0.25) is 6.04 Å². The molecule has 0 aromatic heterocycles. The predicted octanol–water partition coefficient (Wildman–Crippen LogP) is 2.98. The van der Waals surface area contributed by atoms with Crippen molar-refractivity contribution in [3.63, 3.8) is 0 Å². The van der Waals surface area contributed by atoms with E-state index in [9.17, 15) is 0 Å². The molecule has 37 heavy (non-hydrogen) atoms. The van der Waals surface area contributed by atoms with E-state index in [0.717, 1.165) is 43.7 Å². The van der Waals surface area contributed by atoms with Crippen molar-refractivity contribution in [2.75, 3.05) is 52.9 Å². The van der Waals surface area contributed by atoms with E-state index in [4.69, 9.17) is 37.0 Å². The summed E-state index contributed by atoms with van der Waals surface area (Å²) < 4.78 is 49.0. The quantitative estimate of drug-likeness (QED) is 0.0881. The Hall–Kier alpha value is -0.666. The zero-order chi connectivity index (χ0) is 26.4. The number of ether oxygens (including phenoxy) is 5. The Morgan fingerprint density at radius 2 is 1.70 bits per heavy atom. The lowest BCUT2D eigenvalue weighted by molar-refractivity contribution is -0.280. The second-order valence-corrected chi connectivity index (χ2v) is 14.3. The molecule has 2 fully saturated rings. The second-order valence-electron chi connectivity index (χ2n) is 9.50. The Bertz CT molecular complexity index is 728. The molecule has 2 heterocycles. The normalized spacial score (nSPS) is 21.8. The topological polar surface area (TPSA) is 80.4 Å². The maximum Gasteiger partial charge on any atom is 0.373 e. The molecule has 2 saturated heterocycles. The summed E-state index contributed by atoms with van der Waals surface area (Å²) in [5, 5.41) is 1.13. The van der Waals surface area contributed by atoms with Crippen molar-refractivity contribution in [3.8, 4) is 0 Å². The summed E-state index contributed by atoms with van der Waals surface area (Å²) in [4.78, 5) is 0. The summed E-state index contributed by atoms with van der Waals surface area (Å²) in [6.45, 7) is 13.5. The van der Waals surface area contributed by atoms with Gasteiger partial charge >= 0.3 is 8.56 Å². The molecule has 1 aromatic rings. The van der Waals surface area contributed by atoms with E-state index >= 15 is 0 Å². The van der Waals surface area contributed by atoms with Crippen molar-refractivity contribution in [2.45, 2.75) is 83.1 Å². The van der Waals surface area contributed by atoms with E-state index in [0.29, 0.717) is 51.8 Å². The summed E-state index contributed by atoms with van der Waals surface area (Å²) in [5.74, 6) is -0.847. The van der Waals surface area contributed by atoms with Crippen molar-refractivity contribution < 1.29 is 37.0 Å². The fourth-order valence-electron chi connectivity index (χ4n) is 4.67. The fourth-order valence-corrected chi connectivity index (χ4v) is 9.09. The number of hydrogen-bond donors (Lipinski definition) is 0. The lowest BCUT2D eigenvalue weighted by Crippen LogP contribution is -2.61. The first kappa shape index (κ1) is 30.9. The molecule has 212 valence electrons. The SMILES string of the molecule is CCOC(CC)(OCC)C(CCCOCC1CO1)O[Si](CCCO[SiH2]C1CO1)(OCC)c1ccccc1. The molecule has 2 aliphatic rings. The minimum Gasteiger partial charge on any atom is -0.421 e. The third-order valence-corrected chi connectivity index (χ3v) is 11.7. The van der Waals surface area contributed by atoms with E-state index < -0.39 is 24.1 Å². The van der Waals surface area contributed by atoms with E-state index in [2.05, 4.69) is 31.2 Å². The van der Waals surface area contributed by atoms with Crippen LogP contribution in [0.3, 0.4) is 0 Å². The van der Waals surface area contributed by atoms with Crippen LogP contribution < -0.4 is 5.19 Å². The maximum atomic E-state index is 7.22. The van der Waals surface area contributed by atoms with Gasteiger partial charge in [0.15, 0.2) is 15.6 Å². The van der Waals surface area contributed by atoms with Gasteiger partial charge in [0, 0.05) is 39.5 Å². The zero-order valence-corrected chi connectivity index (χ0v) is 25.7. The van der Waals surface area contributed by atoms with Crippen LogP contribution in [0.1, 0.15) is 53.4 Å². The van der Waals surface area contributed by atoms with Crippen molar-refractivity contribution in [1.82, 2.24) is 0 Å². The van der Waals surface area contributed by atoms with Gasteiger partial charge in [0.2, 0.25) is 0 Å². The van der Waals surface area contributed by atoms with E-state index in [-0.39, 0.29) is 12.2 Å². The van der Waals surface area contributed by atoms with Crippen molar-refractivity contribution in [3.05, 3.63) is 30.3 Å². The Labute approximate surface area is 226 Å². The Balaban J connectivity index is 1.80. The first-order valence-corrected chi connectivity index (χ1v) is 17.6. The van der Waals surface area contributed by atoms with Gasteiger partial charge in [-0.1, -0.05) is 37.3 Å². The smallest absolute Gasteiger partial charge is 0.373 e. The van der Waals surface area contributed by atoms with Gasteiger partial charge in [0.25, 0.3) is 0 Å². The highest BCUT2D eigenvalue weighted by molar-refractivity contribution is 6.81. The average molecular weight is 557 g/mol. The van der Waals surface area contributed by atoms with Gasteiger partial charge in [-0.15, -0.1) is 0 Å². The molecule has 2 aliphatic heterocycles. The van der Waals surface area contributed by atoms with E-state index in [1.807, 2.05) is 26.8 Å². The highest BCUT2D eigenvalue weighted by Crippen LogP contribution is 2.33. The molecular weight excluding hydrogens is 508 g/mol. The van der Waals surface area contributed by atoms with Gasteiger partial charge in [-0.2, -0.15) is 0 Å². The number of epoxide rings is 2. The van der Waals surface area contributed by atoms with Crippen LogP contribution in [0.5, 0.6) is 0 Å². The maximum absolute atomic E-state index is 7.22. The van der Waals surface area contributed by atoms with Gasteiger partial charge in [0.05, 0.1) is 25.5 Å². The van der Waals surface area contributed by atoms with Crippen LogP contribution in [0.15, 0.2) is 30.3 Å². The Morgan fingerprint density at radius 1 is 0.973 bits per heavy atom. The van der Waals surface area contributed by atoms with Gasteiger partial charge in [0.1, 0.15) is 12.2 Å². The van der Waals surface area contributed by atoms with Crippen molar-refractivity contribution in [1.29, 1.82) is 0 Å². The summed E-state index contributed by atoms with van der Waals surface area (Å²) in [5.41, 5.74) is 0.403. The molecule has 0 spiro atoms. The highest BCUT2D eigenvalue weighted by atomic mass is 28.4. The van der Waals surface area contributed by atoms with Crippen LogP contribution in [-0.4, -0.2) is 94.9 Å². The summed E-state index contributed by atoms with van der Waals surface area (Å²) in [6, 6.07) is 11.2. The van der Waals surface area contributed by atoms with E-state index in [1.165, 1.54) is 0 Å². The average Bonchev–Trinajstić information content (AvgIpc) is 3.84. The lowest BCUT2D eigenvalue weighted by Gasteiger charge is -2.44. The van der Waals surface area contributed by atoms with E-state index in [1.54, 1.807) is 0 Å². The molecule has 0 saturated carbocycles. The van der Waals surface area contributed by atoms with Gasteiger partial charge in [-0.25, -0.2) is 0 Å². The third kappa shape index (κ3) is 10.1. The molecular formula is C27H48O8Si2. The van der Waals surface area contributed by atoms with Crippen LogP contribution in [0.4, 0.5) is 0 Å². The third-order valence-electron chi connectivity index (χ3n) is 6.65. The van der Waals surface area contributed by atoms with Crippen LogP contribution in [0.25, 0.3) is 0 Å². The monoisotopic (exact) mass is 556 g/mol. The first-order chi connectivity index (χ1) is 18.1. The number of benzene rings is 1. The molecule has 8 nitrogen and oxygen atoms in total. The lowest BCUT2D eigenvalue weighted by atomic mass is 10.0. The first-order valence-electron chi connectivity index (χ1n) is 14.1. The Morgan fingerprint density at radius 3 is 2.30 bits per heavy atom. The largest absolute Gasteiger partial charge is 0.421 e. The molecule has 0 N–H and O–H groups in total. The summed E-state index contributed by atoms with van der Waals surface area (Å²) in [7, 11) is -3.49. The van der Waals surface area contributed by atoms with Gasteiger partial charge < -0.3 is 37.0 Å². The molecule has 1 aromatic carbocycles. The minimum absolute atomic E-state index is 0.265. The standard InChI is InChI=1S/C27H48O8Si2/c1-5-27(31-6-2,32-7-3)25(16-12-17-28-20-23-21-29-23)35-37(34-8-4,24-14-10-9-11-15-24)19-13-18-33-36-26-22-30-26/h9-11,14-15,23,25-26H,5-8,12-13,16-22,36H2,1-4H3. The molecule has 4 atom stereocenters. The van der Waals surface area contributed by atoms with Crippen LogP contribution >= 0.6 is 0 Å². The van der Waals surface area contributed by atoms with Crippen LogP contribution in [-0.2, 0) is 37.0 Å². The van der Waals surface area contributed by atoms with Gasteiger partial charge in [-0.3, -0.25) is 0 Å².